The molecule has 2 aromatic rings. The van der Waals surface area contributed by atoms with Crippen LogP contribution >= 0.6 is 27.5 Å². The van der Waals surface area contributed by atoms with Crippen LogP contribution in [0, 0.1) is 6.92 Å². The second-order valence-electron chi connectivity index (χ2n) is 4.98. The average molecular weight is 329 g/mol. The Labute approximate surface area is 119 Å². The second kappa shape index (κ2) is 4.82. The van der Waals surface area contributed by atoms with E-state index in [0.717, 1.165) is 27.0 Å². The predicted octanol–water partition coefficient (Wildman–Crippen LogP) is 4.73. The molecular formula is C13H15BrClN3. The second-order valence-corrected chi connectivity index (χ2v) is 6.15. The van der Waals surface area contributed by atoms with Crippen molar-refractivity contribution >= 4 is 38.6 Å². The van der Waals surface area contributed by atoms with Gasteiger partial charge in [-0.3, -0.25) is 0 Å². The number of hydrogen-bond donors (Lipinski definition) is 1. The SMILES string of the molecule is Cc1nc(C2CCCCC2)nc2[nH]c(Cl)c(Br)c12. The van der Waals surface area contributed by atoms with Crippen molar-refractivity contribution in [1.29, 1.82) is 0 Å². The lowest BCUT2D eigenvalue weighted by molar-refractivity contribution is 0.429. The average Bonchev–Trinajstić information content (AvgIpc) is 2.66. The number of rotatable bonds is 1. The molecule has 2 aromatic heterocycles. The lowest BCUT2D eigenvalue weighted by atomic mass is 9.88. The monoisotopic (exact) mass is 327 g/mol. The third-order valence-electron chi connectivity index (χ3n) is 3.72. The molecule has 0 unspecified atom stereocenters. The highest BCUT2D eigenvalue weighted by Crippen LogP contribution is 2.35. The van der Waals surface area contributed by atoms with Crippen LogP contribution in [0.3, 0.4) is 0 Å². The normalized spacial score (nSPS) is 17.5. The fourth-order valence-electron chi connectivity index (χ4n) is 2.76. The lowest BCUT2D eigenvalue weighted by Crippen LogP contribution is -2.09. The van der Waals surface area contributed by atoms with Crippen molar-refractivity contribution < 1.29 is 0 Å². The van der Waals surface area contributed by atoms with Crippen LogP contribution in [0.25, 0.3) is 11.0 Å². The molecule has 0 aromatic carbocycles. The third-order valence-corrected chi connectivity index (χ3v) is 5.02. The number of nitrogens with zero attached hydrogens (tertiary/aromatic N) is 2. The maximum atomic E-state index is 6.09. The van der Waals surface area contributed by atoms with Gasteiger partial charge in [0.25, 0.3) is 0 Å². The van der Waals surface area contributed by atoms with Crippen LogP contribution in [0.1, 0.15) is 49.5 Å². The first-order valence-corrected chi connectivity index (χ1v) is 7.55. The molecule has 0 radical (unpaired) electrons. The zero-order chi connectivity index (χ0) is 12.7. The first-order chi connectivity index (χ1) is 8.66. The van der Waals surface area contributed by atoms with Crippen LogP contribution in [-0.4, -0.2) is 15.0 Å². The molecule has 0 amide bonds. The van der Waals surface area contributed by atoms with Gasteiger partial charge in [0.15, 0.2) is 0 Å². The van der Waals surface area contributed by atoms with Crippen molar-refractivity contribution in [3.8, 4) is 0 Å². The number of aryl methyl sites for hydroxylation is 1. The van der Waals surface area contributed by atoms with Crippen LogP contribution in [0.15, 0.2) is 4.47 Å². The highest BCUT2D eigenvalue weighted by atomic mass is 79.9. The van der Waals surface area contributed by atoms with Crippen molar-refractivity contribution in [2.75, 3.05) is 0 Å². The number of halogens is 2. The van der Waals surface area contributed by atoms with Gasteiger partial charge in [-0.2, -0.15) is 0 Å². The highest BCUT2D eigenvalue weighted by Gasteiger charge is 2.21. The molecule has 1 aliphatic carbocycles. The fraction of sp³-hybridized carbons (Fsp3) is 0.538. The first-order valence-electron chi connectivity index (χ1n) is 6.38. The van der Waals surface area contributed by atoms with Crippen molar-refractivity contribution in [3.05, 3.63) is 21.1 Å². The van der Waals surface area contributed by atoms with Crippen LogP contribution in [0.2, 0.25) is 5.15 Å². The molecule has 0 aliphatic heterocycles. The molecule has 3 rings (SSSR count). The highest BCUT2D eigenvalue weighted by molar-refractivity contribution is 9.10. The summed E-state index contributed by atoms with van der Waals surface area (Å²) in [6.07, 6.45) is 6.35. The molecule has 3 nitrogen and oxygen atoms in total. The number of aromatic nitrogens is 3. The summed E-state index contributed by atoms with van der Waals surface area (Å²) >= 11 is 9.57. The summed E-state index contributed by atoms with van der Waals surface area (Å²) in [6.45, 7) is 2.02. The Morgan fingerprint density at radius 2 is 1.94 bits per heavy atom. The standard InChI is InChI=1S/C13H15BrClN3/c1-7-9-10(14)11(15)17-13(9)18-12(16-7)8-5-3-2-4-6-8/h8H,2-6H2,1H3,(H,16,17,18). The molecule has 5 heteroatoms. The van der Waals surface area contributed by atoms with E-state index in [2.05, 4.69) is 30.9 Å². The van der Waals surface area contributed by atoms with Crippen LogP contribution in [0.4, 0.5) is 0 Å². The van der Waals surface area contributed by atoms with Gasteiger partial charge in [-0.25, -0.2) is 9.97 Å². The number of H-pyrrole nitrogens is 1. The van der Waals surface area contributed by atoms with E-state index in [1.165, 1.54) is 32.1 Å². The van der Waals surface area contributed by atoms with Crippen molar-refractivity contribution in [2.24, 2.45) is 0 Å². The lowest BCUT2D eigenvalue weighted by Gasteiger charge is -2.20. The number of fused-ring (bicyclic) bond motifs is 1. The van der Waals surface area contributed by atoms with Gasteiger partial charge in [0.05, 0.1) is 15.6 Å². The number of hydrogen-bond acceptors (Lipinski definition) is 2. The van der Waals surface area contributed by atoms with E-state index in [0.29, 0.717) is 11.1 Å². The van der Waals surface area contributed by atoms with Gasteiger partial charge >= 0.3 is 0 Å². The minimum absolute atomic E-state index is 0.516. The molecule has 1 aliphatic rings. The minimum atomic E-state index is 0.516. The molecule has 0 atom stereocenters. The van der Waals surface area contributed by atoms with E-state index in [1.807, 2.05) is 6.92 Å². The zero-order valence-electron chi connectivity index (χ0n) is 10.3. The Bertz CT molecular complexity index is 587. The Balaban J connectivity index is 2.09. The molecule has 0 saturated heterocycles. The fourth-order valence-corrected chi connectivity index (χ4v) is 3.52. The van der Waals surface area contributed by atoms with Gasteiger partial charge in [-0.05, 0) is 35.7 Å². The summed E-state index contributed by atoms with van der Waals surface area (Å²) in [7, 11) is 0. The Morgan fingerprint density at radius 1 is 1.22 bits per heavy atom. The Kier molecular flexibility index (Phi) is 3.32. The summed E-state index contributed by atoms with van der Waals surface area (Å²) in [5.74, 6) is 1.49. The molecule has 1 N–H and O–H groups in total. The Morgan fingerprint density at radius 3 is 2.67 bits per heavy atom. The molecule has 2 heterocycles. The van der Waals surface area contributed by atoms with E-state index in [-0.39, 0.29) is 0 Å². The zero-order valence-corrected chi connectivity index (χ0v) is 12.6. The number of nitrogens with one attached hydrogen (secondary N) is 1. The maximum Gasteiger partial charge on any atom is 0.143 e. The summed E-state index contributed by atoms with van der Waals surface area (Å²) in [6, 6.07) is 0. The minimum Gasteiger partial charge on any atom is -0.329 e. The maximum absolute atomic E-state index is 6.09. The van der Waals surface area contributed by atoms with E-state index >= 15 is 0 Å². The topological polar surface area (TPSA) is 41.6 Å². The van der Waals surface area contributed by atoms with E-state index in [4.69, 9.17) is 11.6 Å². The smallest absolute Gasteiger partial charge is 0.143 e. The van der Waals surface area contributed by atoms with Gasteiger partial charge in [0, 0.05) is 5.92 Å². The molecule has 1 fully saturated rings. The number of aromatic amines is 1. The van der Waals surface area contributed by atoms with Gasteiger partial charge in [0.2, 0.25) is 0 Å². The Hall–Kier alpha value is -0.610. The van der Waals surface area contributed by atoms with Gasteiger partial charge < -0.3 is 4.98 Å². The van der Waals surface area contributed by atoms with Gasteiger partial charge in [0.1, 0.15) is 16.6 Å². The quantitative estimate of drug-likeness (QED) is 0.822. The van der Waals surface area contributed by atoms with Gasteiger partial charge in [-0.15, -0.1) is 0 Å². The summed E-state index contributed by atoms with van der Waals surface area (Å²) in [5, 5.41) is 1.60. The summed E-state index contributed by atoms with van der Waals surface area (Å²) in [5.41, 5.74) is 1.84. The molecular weight excluding hydrogens is 314 g/mol. The van der Waals surface area contributed by atoms with E-state index in [1.54, 1.807) is 0 Å². The molecule has 18 heavy (non-hydrogen) atoms. The summed E-state index contributed by atoms with van der Waals surface area (Å²) in [4.78, 5) is 12.5. The van der Waals surface area contributed by atoms with E-state index in [9.17, 15) is 0 Å². The molecule has 1 saturated carbocycles. The molecule has 96 valence electrons. The largest absolute Gasteiger partial charge is 0.329 e. The van der Waals surface area contributed by atoms with Crippen molar-refractivity contribution in [3.63, 3.8) is 0 Å². The van der Waals surface area contributed by atoms with Crippen LogP contribution in [-0.2, 0) is 0 Å². The molecule has 0 spiro atoms. The van der Waals surface area contributed by atoms with Gasteiger partial charge in [-0.1, -0.05) is 30.9 Å². The predicted molar refractivity (Wildman–Crippen MR) is 77.2 cm³/mol. The first kappa shape index (κ1) is 12.4. The molecule has 0 bridgehead atoms. The van der Waals surface area contributed by atoms with E-state index < -0.39 is 0 Å². The van der Waals surface area contributed by atoms with Crippen LogP contribution in [0.5, 0.6) is 0 Å². The summed E-state index contributed by atoms with van der Waals surface area (Å²) < 4.78 is 0.867. The van der Waals surface area contributed by atoms with Crippen LogP contribution < -0.4 is 0 Å². The van der Waals surface area contributed by atoms with Crippen molar-refractivity contribution in [2.45, 2.75) is 44.9 Å². The van der Waals surface area contributed by atoms with Crippen molar-refractivity contribution in [1.82, 2.24) is 15.0 Å². The third kappa shape index (κ3) is 2.05.